The molecule has 1 aromatic rings. The second kappa shape index (κ2) is 4.74. The van der Waals surface area contributed by atoms with E-state index in [1.807, 2.05) is 11.9 Å². The first-order valence-corrected chi connectivity index (χ1v) is 6.34. The molecule has 2 heteroatoms. The highest BCUT2D eigenvalue weighted by molar-refractivity contribution is 8.00. The van der Waals surface area contributed by atoms with Crippen LogP contribution in [-0.4, -0.2) is 12.3 Å². The summed E-state index contributed by atoms with van der Waals surface area (Å²) in [6, 6.07) is 8.98. The fraction of sp³-hybridized carbons (Fsp3) is 0.500. The standard InChI is InChI=1S/C12H17NS/c1-2-11-5-7-12(8-6-11)13-9-3-4-10-14-13/h5-8H,2-4,9-10H2,1H3. The minimum Gasteiger partial charge on any atom is -0.316 e. The van der Waals surface area contributed by atoms with Crippen LogP contribution in [0, 0.1) is 0 Å². The Kier molecular flexibility index (Phi) is 3.35. The smallest absolute Gasteiger partial charge is 0.0470 e. The number of rotatable bonds is 2. The summed E-state index contributed by atoms with van der Waals surface area (Å²) in [4.78, 5) is 0. The molecule has 0 atom stereocenters. The molecule has 0 radical (unpaired) electrons. The van der Waals surface area contributed by atoms with Crippen LogP contribution in [0.25, 0.3) is 0 Å². The van der Waals surface area contributed by atoms with E-state index in [2.05, 4.69) is 35.5 Å². The summed E-state index contributed by atoms with van der Waals surface area (Å²) in [7, 11) is 0. The molecule has 1 nitrogen and oxygen atoms in total. The Bertz CT molecular complexity index is 275. The molecule has 0 saturated carbocycles. The molecule has 1 saturated heterocycles. The van der Waals surface area contributed by atoms with E-state index in [1.165, 1.54) is 36.4 Å². The minimum atomic E-state index is 1.13. The SMILES string of the molecule is CCc1ccc(N2CCCCS2)cc1. The van der Waals surface area contributed by atoms with Gasteiger partial charge in [0.15, 0.2) is 0 Å². The van der Waals surface area contributed by atoms with Gasteiger partial charge in [-0.15, -0.1) is 0 Å². The molecule has 0 unspecified atom stereocenters. The van der Waals surface area contributed by atoms with Crippen molar-refractivity contribution in [2.75, 3.05) is 16.6 Å². The molecule has 76 valence electrons. The number of hydrogen-bond donors (Lipinski definition) is 0. The summed E-state index contributed by atoms with van der Waals surface area (Å²) in [6.45, 7) is 3.40. The number of nitrogens with zero attached hydrogens (tertiary/aromatic N) is 1. The lowest BCUT2D eigenvalue weighted by Crippen LogP contribution is -2.20. The zero-order valence-electron chi connectivity index (χ0n) is 8.70. The quantitative estimate of drug-likeness (QED) is 0.683. The van der Waals surface area contributed by atoms with Crippen LogP contribution in [0.5, 0.6) is 0 Å². The predicted molar refractivity (Wildman–Crippen MR) is 64.9 cm³/mol. The van der Waals surface area contributed by atoms with Crippen molar-refractivity contribution in [3.63, 3.8) is 0 Å². The summed E-state index contributed by atoms with van der Waals surface area (Å²) in [5.41, 5.74) is 2.79. The summed E-state index contributed by atoms with van der Waals surface area (Å²) >= 11 is 1.96. The average molecular weight is 207 g/mol. The molecular weight excluding hydrogens is 190 g/mol. The maximum absolute atomic E-state index is 2.42. The molecule has 1 fully saturated rings. The minimum absolute atomic E-state index is 1.13. The van der Waals surface area contributed by atoms with Crippen molar-refractivity contribution < 1.29 is 0 Å². The zero-order valence-corrected chi connectivity index (χ0v) is 9.52. The van der Waals surface area contributed by atoms with Gasteiger partial charge in [0, 0.05) is 18.0 Å². The Morgan fingerprint density at radius 2 is 2.00 bits per heavy atom. The monoisotopic (exact) mass is 207 g/mol. The number of benzene rings is 1. The van der Waals surface area contributed by atoms with E-state index in [4.69, 9.17) is 0 Å². The third-order valence-corrected chi connectivity index (χ3v) is 3.81. The highest BCUT2D eigenvalue weighted by Crippen LogP contribution is 2.27. The summed E-state index contributed by atoms with van der Waals surface area (Å²) in [6.07, 6.45) is 3.84. The van der Waals surface area contributed by atoms with Crippen LogP contribution < -0.4 is 4.31 Å². The largest absolute Gasteiger partial charge is 0.316 e. The molecule has 0 N–H and O–H groups in total. The highest BCUT2D eigenvalue weighted by Gasteiger charge is 2.10. The van der Waals surface area contributed by atoms with Crippen LogP contribution in [0.3, 0.4) is 0 Å². The van der Waals surface area contributed by atoms with Gasteiger partial charge in [-0.3, -0.25) is 0 Å². The summed E-state index contributed by atoms with van der Waals surface area (Å²) < 4.78 is 2.42. The fourth-order valence-corrected chi connectivity index (χ4v) is 2.78. The van der Waals surface area contributed by atoms with Gasteiger partial charge in [0.25, 0.3) is 0 Å². The Labute approximate surface area is 90.6 Å². The summed E-state index contributed by atoms with van der Waals surface area (Å²) in [5.74, 6) is 1.27. The Morgan fingerprint density at radius 3 is 2.57 bits per heavy atom. The second-order valence-electron chi connectivity index (χ2n) is 3.66. The molecule has 2 rings (SSSR count). The topological polar surface area (TPSA) is 3.24 Å². The molecule has 0 amide bonds. The lowest BCUT2D eigenvalue weighted by Gasteiger charge is -2.27. The maximum atomic E-state index is 2.42. The Balaban J connectivity index is 2.07. The van der Waals surface area contributed by atoms with Crippen LogP contribution in [0.1, 0.15) is 25.3 Å². The van der Waals surface area contributed by atoms with Crippen molar-refractivity contribution in [3.05, 3.63) is 29.8 Å². The third-order valence-electron chi connectivity index (χ3n) is 2.64. The van der Waals surface area contributed by atoms with E-state index in [1.54, 1.807) is 0 Å². The van der Waals surface area contributed by atoms with Gasteiger partial charge in [0.05, 0.1) is 0 Å². The molecular formula is C12H17NS. The lowest BCUT2D eigenvalue weighted by atomic mass is 10.1. The van der Waals surface area contributed by atoms with Crippen LogP contribution in [0.4, 0.5) is 5.69 Å². The van der Waals surface area contributed by atoms with Crippen molar-refractivity contribution in [1.82, 2.24) is 0 Å². The van der Waals surface area contributed by atoms with Crippen LogP contribution in [0.15, 0.2) is 24.3 Å². The fourth-order valence-electron chi connectivity index (χ4n) is 1.70. The van der Waals surface area contributed by atoms with E-state index in [0.29, 0.717) is 0 Å². The van der Waals surface area contributed by atoms with Gasteiger partial charge in [-0.1, -0.05) is 19.1 Å². The van der Waals surface area contributed by atoms with Gasteiger partial charge in [-0.05, 0) is 48.9 Å². The van der Waals surface area contributed by atoms with Gasteiger partial charge in [0.1, 0.15) is 0 Å². The molecule has 1 aliphatic rings. The lowest BCUT2D eigenvalue weighted by molar-refractivity contribution is 0.791. The van der Waals surface area contributed by atoms with E-state index >= 15 is 0 Å². The van der Waals surface area contributed by atoms with E-state index in [-0.39, 0.29) is 0 Å². The molecule has 0 aliphatic carbocycles. The van der Waals surface area contributed by atoms with E-state index in [0.717, 1.165) is 6.42 Å². The number of hydrogen-bond acceptors (Lipinski definition) is 2. The molecule has 1 aromatic carbocycles. The summed E-state index contributed by atoms with van der Waals surface area (Å²) in [5, 5.41) is 0. The van der Waals surface area contributed by atoms with Crippen molar-refractivity contribution >= 4 is 17.6 Å². The number of anilines is 1. The predicted octanol–water partition coefficient (Wildman–Crippen LogP) is 3.50. The van der Waals surface area contributed by atoms with Crippen molar-refractivity contribution in [2.24, 2.45) is 0 Å². The Hall–Kier alpha value is -0.630. The average Bonchev–Trinajstić information content (AvgIpc) is 2.30. The molecule has 1 heterocycles. The third kappa shape index (κ3) is 2.24. The molecule has 0 aromatic heterocycles. The van der Waals surface area contributed by atoms with Gasteiger partial charge in [-0.2, -0.15) is 0 Å². The van der Waals surface area contributed by atoms with Gasteiger partial charge in [-0.25, -0.2) is 0 Å². The van der Waals surface area contributed by atoms with Crippen LogP contribution in [-0.2, 0) is 6.42 Å². The second-order valence-corrected chi connectivity index (χ2v) is 4.77. The van der Waals surface area contributed by atoms with Crippen molar-refractivity contribution in [1.29, 1.82) is 0 Å². The Morgan fingerprint density at radius 1 is 1.21 bits per heavy atom. The first-order valence-electron chi connectivity index (χ1n) is 5.39. The van der Waals surface area contributed by atoms with E-state index in [9.17, 15) is 0 Å². The van der Waals surface area contributed by atoms with Gasteiger partial charge < -0.3 is 4.31 Å². The first-order chi connectivity index (χ1) is 6.90. The van der Waals surface area contributed by atoms with Crippen molar-refractivity contribution in [3.8, 4) is 0 Å². The van der Waals surface area contributed by atoms with Gasteiger partial charge in [0.2, 0.25) is 0 Å². The van der Waals surface area contributed by atoms with Gasteiger partial charge >= 0.3 is 0 Å². The molecule has 0 bridgehead atoms. The molecule has 14 heavy (non-hydrogen) atoms. The number of aryl methyl sites for hydroxylation is 1. The van der Waals surface area contributed by atoms with E-state index < -0.39 is 0 Å². The zero-order chi connectivity index (χ0) is 9.80. The highest BCUT2D eigenvalue weighted by atomic mass is 32.2. The van der Waals surface area contributed by atoms with Crippen molar-refractivity contribution in [2.45, 2.75) is 26.2 Å². The molecule has 1 aliphatic heterocycles. The first kappa shape index (κ1) is 9.91. The maximum Gasteiger partial charge on any atom is 0.0470 e. The van der Waals surface area contributed by atoms with Crippen LogP contribution >= 0.6 is 11.9 Å². The normalized spacial score (nSPS) is 17.1. The van der Waals surface area contributed by atoms with Crippen LogP contribution in [0.2, 0.25) is 0 Å². The molecule has 0 spiro atoms.